The van der Waals surface area contributed by atoms with E-state index in [1.165, 1.54) is 16.7 Å². The molecule has 3 rings (SSSR count). The summed E-state index contributed by atoms with van der Waals surface area (Å²) in [6.07, 6.45) is 1.07. The summed E-state index contributed by atoms with van der Waals surface area (Å²) in [7, 11) is 0. The Hall–Kier alpha value is -0.990. The molecule has 0 amide bonds. The lowest BCUT2D eigenvalue weighted by atomic mass is 9.85. The molecule has 0 radical (unpaired) electrons. The van der Waals surface area contributed by atoms with Crippen LogP contribution in [0.4, 0.5) is 5.69 Å². The largest absolute Gasteiger partial charge is 0.377 e. The highest BCUT2D eigenvalue weighted by Gasteiger charge is 2.39. The summed E-state index contributed by atoms with van der Waals surface area (Å²) in [4.78, 5) is 0. The van der Waals surface area contributed by atoms with E-state index in [2.05, 4.69) is 72.3 Å². The second kappa shape index (κ2) is 5.33. The van der Waals surface area contributed by atoms with Gasteiger partial charge in [-0.1, -0.05) is 37.6 Å². The quantitative estimate of drug-likeness (QED) is 0.674. The van der Waals surface area contributed by atoms with Crippen molar-refractivity contribution < 1.29 is 0 Å². The van der Waals surface area contributed by atoms with Crippen LogP contribution >= 0.6 is 27.5 Å². The maximum Gasteiger partial charge on any atom is 0.0571 e. The van der Waals surface area contributed by atoms with Crippen LogP contribution in [0.5, 0.6) is 0 Å². The van der Waals surface area contributed by atoms with E-state index in [0.717, 1.165) is 21.6 Å². The number of rotatable bonds is 2. The van der Waals surface area contributed by atoms with Crippen molar-refractivity contribution in [3.8, 4) is 0 Å². The Bertz CT molecular complexity index is 694. The lowest BCUT2D eigenvalue weighted by Crippen LogP contribution is -2.24. The van der Waals surface area contributed by atoms with Crippen LogP contribution in [-0.4, -0.2) is 0 Å². The van der Waals surface area contributed by atoms with Gasteiger partial charge in [-0.25, -0.2) is 0 Å². The smallest absolute Gasteiger partial charge is 0.0571 e. The van der Waals surface area contributed by atoms with Crippen molar-refractivity contribution in [2.24, 2.45) is 5.41 Å². The van der Waals surface area contributed by atoms with Crippen molar-refractivity contribution in [2.45, 2.75) is 33.2 Å². The molecule has 110 valence electrons. The van der Waals surface area contributed by atoms with E-state index < -0.39 is 0 Å². The lowest BCUT2D eigenvalue weighted by Gasteiger charge is -2.30. The monoisotopic (exact) mass is 363 g/mol. The topological polar surface area (TPSA) is 12.0 Å². The average Bonchev–Trinajstić information content (AvgIpc) is 2.65. The van der Waals surface area contributed by atoms with Gasteiger partial charge in [0, 0.05) is 15.2 Å². The summed E-state index contributed by atoms with van der Waals surface area (Å²) in [5, 5.41) is 4.53. The van der Waals surface area contributed by atoms with E-state index in [0.29, 0.717) is 0 Å². The van der Waals surface area contributed by atoms with Gasteiger partial charge < -0.3 is 5.32 Å². The van der Waals surface area contributed by atoms with Crippen LogP contribution in [0, 0.1) is 12.3 Å². The Morgan fingerprint density at radius 3 is 2.71 bits per heavy atom. The van der Waals surface area contributed by atoms with E-state index in [-0.39, 0.29) is 11.5 Å². The molecule has 1 aliphatic rings. The van der Waals surface area contributed by atoms with Crippen LogP contribution in [-0.2, 0) is 6.42 Å². The molecule has 0 heterocycles. The van der Waals surface area contributed by atoms with E-state index in [1.54, 1.807) is 0 Å². The number of nitrogens with one attached hydrogen (secondary N) is 1. The molecule has 2 aromatic rings. The molecule has 1 aliphatic carbocycles. The van der Waals surface area contributed by atoms with Crippen LogP contribution in [0.2, 0.25) is 5.02 Å². The zero-order chi connectivity index (χ0) is 15.2. The van der Waals surface area contributed by atoms with Crippen molar-refractivity contribution in [1.29, 1.82) is 0 Å². The summed E-state index contributed by atoms with van der Waals surface area (Å²) in [5.41, 5.74) is 5.27. The number of hydrogen-bond acceptors (Lipinski definition) is 1. The second-order valence-electron chi connectivity index (χ2n) is 6.57. The van der Waals surface area contributed by atoms with Gasteiger partial charge in [0.2, 0.25) is 0 Å². The van der Waals surface area contributed by atoms with Gasteiger partial charge in [-0.2, -0.15) is 0 Å². The number of halogens is 2. The van der Waals surface area contributed by atoms with Gasteiger partial charge in [0.05, 0.1) is 6.04 Å². The minimum absolute atomic E-state index is 0.163. The fraction of sp³-hybridized carbons (Fsp3) is 0.333. The minimum Gasteiger partial charge on any atom is -0.377 e. The molecule has 0 aliphatic heterocycles. The zero-order valence-corrected chi connectivity index (χ0v) is 14.8. The van der Waals surface area contributed by atoms with Crippen LogP contribution in [0.1, 0.15) is 36.6 Å². The van der Waals surface area contributed by atoms with Gasteiger partial charge in [-0.15, -0.1) is 0 Å². The van der Waals surface area contributed by atoms with Gasteiger partial charge in [-0.05, 0) is 75.6 Å². The predicted octanol–water partition coefficient (Wildman–Crippen LogP) is 6.15. The number of aryl methyl sites for hydroxylation is 1. The van der Waals surface area contributed by atoms with E-state index in [4.69, 9.17) is 11.6 Å². The van der Waals surface area contributed by atoms with Crippen LogP contribution < -0.4 is 5.32 Å². The number of hydrogen-bond donors (Lipinski definition) is 1. The minimum atomic E-state index is 0.163. The zero-order valence-electron chi connectivity index (χ0n) is 12.5. The maximum absolute atomic E-state index is 6.20. The summed E-state index contributed by atoms with van der Waals surface area (Å²) < 4.78 is 1.10. The van der Waals surface area contributed by atoms with Crippen molar-refractivity contribution in [2.75, 3.05) is 5.32 Å². The molecule has 2 aromatic carbocycles. The predicted molar refractivity (Wildman–Crippen MR) is 94.2 cm³/mol. The Morgan fingerprint density at radius 2 is 1.95 bits per heavy atom. The van der Waals surface area contributed by atoms with E-state index in [9.17, 15) is 0 Å². The van der Waals surface area contributed by atoms with Crippen molar-refractivity contribution in [3.63, 3.8) is 0 Å². The number of benzene rings is 2. The van der Waals surface area contributed by atoms with Crippen molar-refractivity contribution in [3.05, 3.63) is 62.6 Å². The Kier molecular flexibility index (Phi) is 3.79. The molecule has 3 heteroatoms. The third kappa shape index (κ3) is 2.84. The average molecular weight is 365 g/mol. The van der Waals surface area contributed by atoms with E-state index in [1.807, 2.05) is 6.07 Å². The van der Waals surface area contributed by atoms with Crippen LogP contribution in [0.3, 0.4) is 0 Å². The van der Waals surface area contributed by atoms with Crippen molar-refractivity contribution >= 4 is 33.2 Å². The third-order valence-corrected chi connectivity index (χ3v) is 5.19. The molecule has 0 saturated heterocycles. The van der Waals surface area contributed by atoms with Gasteiger partial charge in [0.15, 0.2) is 0 Å². The molecule has 21 heavy (non-hydrogen) atoms. The molecule has 1 N–H and O–H groups in total. The highest BCUT2D eigenvalue weighted by molar-refractivity contribution is 9.10. The summed E-state index contributed by atoms with van der Waals surface area (Å²) >= 11 is 9.85. The summed E-state index contributed by atoms with van der Waals surface area (Å²) in [5.74, 6) is 0. The lowest BCUT2D eigenvalue weighted by molar-refractivity contribution is 0.337. The summed E-state index contributed by atoms with van der Waals surface area (Å²) in [6, 6.07) is 12.9. The number of anilines is 1. The third-order valence-electron chi connectivity index (χ3n) is 4.27. The fourth-order valence-corrected chi connectivity index (χ4v) is 3.73. The molecule has 0 saturated carbocycles. The molecular formula is C18H19BrClN. The van der Waals surface area contributed by atoms with Crippen molar-refractivity contribution in [1.82, 2.24) is 0 Å². The molecule has 1 unspecified atom stereocenters. The van der Waals surface area contributed by atoms with Gasteiger partial charge >= 0.3 is 0 Å². The molecule has 1 atom stereocenters. The highest BCUT2D eigenvalue weighted by atomic mass is 79.9. The first-order valence-corrected chi connectivity index (χ1v) is 8.35. The molecule has 0 fully saturated rings. The van der Waals surface area contributed by atoms with Crippen LogP contribution in [0.25, 0.3) is 0 Å². The highest BCUT2D eigenvalue weighted by Crippen LogP contribution is 2.48. The SMILES string of the molecule is Cc1ccc(Br)c(NC2c3cc(Cl)ccc3CC2(C)C)c1. The second-order valence-corrected chi connectivity index (χ2v) is 7.86. The fourth-order valence-electron chi connectivity index (χ4n) is 3.19. The van der Waals surface area contributed by atoms with Gasteiger partial charge in [0.25, 0.3) is 0 Å². The van der Waals surface area contributed by atoms with Crippen LogP contribution in [0.15, 0.2) is 40.9 Å². The van der Waals surface area contributed by atoms with E-state index >= 15 is 0 Å². The normalized spacial score (nSPS) is 19.4. The Morgan fingerprint density at radius 1 is 1.19 bits per heavy atom. The molecule has 0 aromatic heterocycles. The molecule has 0 bridgehead atoms. The summed E-state index contributed by atoms with van der Waals surface area (Å²) in [6.45, 7) is 6.73. The first-order valence-electron chi connectivity index (χ1n) is 7.18. The Labute approximate surface area is 139 Å². The molecule has 0 spiro atoms. The number of fused-ring (bicyclic) bond motifs is 1. The van der Waals surface area contributed by atoms with Gasteiger partial charge in [0.1, 0.15) is 0 Å². The maximum atomic E-state index is 6.20. The standard InChI is InChI=1S/C18H19BrClN/c1-11-4-7-15(19)16(8-11)21-17-14-9-13(20)6-5-12(14)10-18(17,2)3/h4-9,17,21H,10H2,1-3H3. The van der Waals surface area contributed by atoms with Gasteiger partial charge in [-0.3, -0.25) is 0 Å². The first-order chi connectivity index (χ1) is 9.87. The molecular weight excluding hydrogens is 346 g/mol. The molecule has 1 nitrogen and oxygen atoms in total. The first kappa shape index (κ1) is 14.9. The Balaban J connectivity index is 2.01.